The van der Waals surface area contributed by atoms with Gasteiger partial charge in [0, 0.05) is 12.6 Å². The van der Waals surface area contributed by atoms with Gasteiger partial charge in [-0.2, -0.15) is 0 Å². The summed E-state index contributed by atoms with van der Waals surface area (Å²) in [5.41, 5.74) is 0.270. The van der Waals surface area contributed by atoms with E-state index in [0.29, 0.717) is 6.04 Å². The van der Waals surface area contributed by atoms with E-state index >= 15 is 0 Å². The number of nitrogens with zero attached hydrogens (tertiary/aromatic N) is 3. The molecule has 1 unspecified atom stereocenters. The van der Waals surface area contributed by atoms with Crippen molar-refractivity contribution in [1.82, 2.24) is 9.97 Å². The zero-order valence-corrected chi connectivity index (χ0v) is 10.2. The topological polar surface area (TPSA) is 55.3 Å². The molecular weight excluding hydrogens is 218 g/mol. The minimum atomic E-state index is -0.438. The molecule has 0 amide bonds. The van der Waals surface area contributed by atoms with Crippen LogP contribution in [0.4, 0.5) is 5.82 Å². The lowest BCUT2D eigenvalue weighted by Crippen LogP contribution is -2.29. The van der Waals surface area contributed by atoms with Crippen LogP contribution < -0.4 is 4.90 Å². The van der Waals surface area contributed by atoms with E-state index in [-0.39, 0.29) is 5.69 Å². The summed E-state index contributed by atoms with van der Waals surface area (Å²) in [4.78, 5) is 22.0. The average molecular weight is 235 g/mol. The van der Waals surface area contributed by atoms with Gasteiger partial charge >= 0.3 is 5.97 Å². The summed E-state index contributed by atoms with van der Waals surface area (Å²) in [6.07, 6.45) is 6.58. The molecule has 0 spiro atoms. The Morgan fingerprint density at radius 3 is 3.12 bits per heavy atom. The van der Waals surface area contributed by atoms with Crippen molar-refractivity contribution in [2.24, 2.45) is 0 Å². The van der Waals surface area contributed by atoms with Crippen molar-refractivity contribution in [3.63, 3.8) is 0 Å². The third kappa shape index (κ3) is 2.38. The minimum Gasteiger partial charge on any atom is -0.464 e. The van der Waals surface area contributed by atoms with Crippen molar-refractivity contribution in [2.45, 2.75) is 32.2 Å². The first-order valence-electron chi connectivity index (χ1n) is 5.93. The average Bonchev–Trinajstić information content (AvgIpc) is 2.86. The maximum atomic E-state index is 11.4. The number of methoxy groups -OCH3 is 1. The van der Waals surface area contributed by atoms with E-state index < -0.39 is 5.97 Å². The van der Waals surface area contributed by atoms with E-state index in [2.05, 4.69) is 26.5 Å². The molecule has 1 fully saturated rings. The molecule has 92 valence electrons. The fourth-order valence-corrected chi connectivity index (χ4v) is 2.26. The molecule has 0 aromatic carbocycles. The number of anilines is 1. The minimum absolute atomic E-state index is 0.270. The number of aromatic nitrogens is 2. The first kappa shape index (κ1) is 11.8. The predicted molar refractivity (Wildman–Crippen MR) is 64.0 cm³/mol. The van der Waals surface area contributed by atoms with Gasteiger partial charge in [0.05, 0.1) is 19.5 Å². The van der Waals surface area contributed by atoms with Gasteiger partial charge in [0.25, 0.3) is 0 Å². The summed E-state index contributed by atoms with van der Waals surface area (Å²) in [6.45, 7) is 3.15. The lowest BCUT2D eigenvalue weighted by Gasteiger charge is -2.24. The first-order valence-corrected chi connectivity index (χ1v) is 5.93. The standard InChI is InChI=1S/C12H17N3O2/c1-3-9-5-4-6-15(9)11-8-13-7-10(14-11)12(16)17-2/h7-9H,3-6H2,1-2H3. The van der Waals surface area contributed by atoms with Gasteiger partial charge in [0.15, 0.2) is 5.69 Å². The van der Waals surface area contributed by atoms with Crippen molar-refractivity contribution in [1.29, 1.82) is 0 Å². The quantitative estimate of drug-likeness (QED) is 0.745. The second kappa shape index (κ2) is 5.12. The van der Waals surface area contributed by atoms with Gasteiger partial charge in [0.1, 0.15) is 5.82 Å². The zero-order chi connectivity index (χ0) is 12.3. The molecule has 0 radical (unpaired) electrons. The van der Waals surface area contributed by atoms with E-state index in [1.807, 2.05) is 0 Å². The van der Waals surface area contributed by atoms with E-state index in [0.717, 1.165) is 18.8 Å². The van der Waals surface area contributed by atoms with Crippen LogP contribution in [-0.2, 0) is 4.74 Å². The molecule has 0 saturated carbocycles. The van der Waals surface area contributed by atoms with Crippen LogP contribution in [0, 0.1) is 0 Å². The lowest BCUT2D eigenvalue weighted by atomic mass is 10.2. The zero-order valence-electron chi connectivity index (χ0n) is 10.2. The van der Waals surface area contributed by atoms with E-state index in [1.54, 1.807) is 6.20 Å². The molecule has 17 heavy (non-hydrogen) atoms. The van der Waals surface area contributed by atoms with Gasteiger partial charge in [-0.05, 0) is 19.3 Å². The Hall–Kier alpha value is -1.65. The molecule has 1 aliphatic rings. The maximum Gasteiger partial charge on any atom is 0.358 e. The van der Waals surface area contributed by atoms with Crippen LogP contribution in [0.25, 0.3) is 0 Å². The number of carbonyl (C=O) groups excluding carboxylic acids is 1. The number of carbonyl (C=O) groups is 1. The SMILES string of the molecule is CCC1CCCN1c1cncc(C(=O)OC)n1. The van der Waals surface area contributed by atoms with Crippen LogP contribution in [0.15, 0.2) is 12.4 Å². The smallest absolute Gasteiger partial charge is 0.358 e. The van der Waals surface area contributed by atoms with Crippen LogP contribution in [0.3, 0.4) is 0 Å². The number of hydrogen-bond donors (Lipinski definition) is 0. The van der Waals surface area contributed by atoms with Crippen molar-refractivity contribution in [3.05, 3.63) is 18.1 Å². The number of hydrogen-bond acceptors (Lipinski definition) is 5. The Bertz CT molecular complexity index is 408. The van der Waals surface area contributed by atoms with Gasteiger partial charge in [-0.15, -0.1) is 0 Å². The Balaban J connectivity index is 2.23. The third-order valence-electron chi connectivity index (χ3n) is 3.16. The molecule has 0 aliphatic carbocycles. The summed E-state index contributed by atoms with van der Waals surface area (Å²) in [5.74, 6) is 0.337. The van der Waals surface area contributed by atoms with Gasteiger partial charge < -0.3 is 9.64 Å². The van der Waals surface area contributed by atoms with Crippen LogP contribution in [-0.4, -0.2) is 35.6 Å². The van der Waals surface area contributed by atoms with Crippen molar-refractivity contribution in [3.8, 4) is 0 Å². The van der Waals surface area contributed by atoms with E-state index in [9.17, 15) is 4.79 Å². The fourth-order valence-electron chi connectivity index (χ4n) is 2.26. The highest BCUT2D eigenvalue weighted by molar-refractivity contribution is 5.87. The normalized spacial score (nSPS) is 19.4. The Morgan fingerprint density at radius 2 is 2.41 bits per heavy atom. The molecule has 1 aliphatic heterocycles. The number of esters is 1. The Labute approximate surface area is 101 Å². The highest BCUT2D eigenvalue weighted by Crippen LogP contribution is 2.25. The van der Waals surface area contributed by atoms with Crippen LogP contribution in [0.5, 0.6) is 0 Å². The summed E-state index contributed by atoms with van der Waals surface area (Å²) in [7, 11) is 1.35. The second-order valence-corrected chi connectivity index (χ2v) is 4.15. The largest absolute Gasteiger partial charge is 0.464 e. The molecule has 2 heterocycles. The second-order valence-electron chi connectivity index (χ2n) is 4.15. The van der Waals surface area contributed by atoms with Crippen molar-refractivity contribution < 1.29 is 9.53 Å². The fraction of sp³-hybridized carbons (Fsp3) is 0.583. The molecule has 0 N–H and O–H groups in total. The van der Waals surface area contributed by atoms with Crippen molar-refractivity contribution in [2.75, 3.05) is 18.6 Å². The molecule has 1 aromatic rings. The highest BCUT2D eigenvalue weighted by atomic mass is 16.5. The molecule has 2 rings (SSSR count). The molecule has 1 saturated heterocycles. The first-order chi connectivity index (χ1) is 8.26. The predicted octanol–water partition coefficient (Wildman–Crippen LogP) is 1.64. The number of rotatable bonds is 3. The summed E-state index contributed by atoms with van der Waals surface area (Å²) < 4.78 is 4.65. The molecule has 0 bridgehead atoms. The number of ether oxygens (including phenoxy) is 1. The Kier molecular flexibility index (Phi) is 3.56. The molecule has 1 atom stereocenters. The van der Waals surface area contributed by atoms with E-state index in [4.69, 9.17) is 0 Å². The van der Waals surface area contributed by atoms with Gasteiger partial charge in [-0.1, -0.05) is 6.92 Å². The molecule has 5 heteroatoms. The summed E-state index contributed by atoms with van der Waals surface area (Å²) >= 11 is 0. The highest BCUT2D eigenvalue weighted by Gasteiger charge is 2.24. The molecular formula is C12H17N3O2. The lowest BCUT2D eigenvalue weighted by molar-refractivity contribution is 0.0593. The summed E-state index contributed by atoms with van der Waals surface area (Å²) in [6, 6.07) is 0.511. The van der Waals surface area contributed by atoms with Gasteiger partial charge in [0.2, 0.25) is 0 Å². The van der Waals surface area contributed by atoms with Gasteiger partial charge in [-0.25, -0.2) is 9.78 Å². The monoisotopic (exact) mass is 235 g/mol. The van der Waals surface area contributed by atoms with Crippen LogP contribution in [0.2, 0.25) is 0 Å². The van der Waals surface area contributed by atoms with Crippen LogP contribution in [0.1, 0.15) is 36.7 Å². The van der Waals surface area contributed by atoms with Crippen LogP contribution >= 0.6 is 0 Å². The Morgan fingerprint density at radius 1 is 1.59 bits per heavy atom. The van der Waals surface area contributed by atoms with Crippen molar-refractivity contribution >= 4 is 11.8 Å². The van der Waals surface area contributed by atoms with Gasteiger partial charge in [-0.3, -0.25) is 4.98 Å². The molecule has 5 nitrogen and oxygen atoms in total. The summed E-state index contributed by atoms with van der Waals surface area (Å²) in [5, 5.41) is 0. The molecule has 1 aromatic heterocycles. The van der Waals surface area contributed by atoms with E-state index in [1.165, 1.54) is 26.1 Å². The maximum absolute atomic E-state index is 11.4. The third-order valence-corrected chi connectivity index (χ3v) is 3.16.